The predicted molar refractivity (Wildman–Crippen MR) is 142 cm³/mol. The zero-order valence-electron chi connectivity index (χ0n) is 20.7. The minimum atomic E-state index is -0.567. The van der Waals surface area contributed by atoms with E-state index in [1.165, 1.54) is 13.2 Å². The maximum atomic E-state index is 12.2. The molecule has 192 valence electrons. The normalized spacial score (nSPS) is 17.2. The summed E-state index contributed by atoms with van der Waals surface area (Å²) in [5.74, 6) is -0.0500. The van der Waals surface area contributed by atoms with Crippen LogP contribution in [0.4, 0.5) is 11.5 Å². The first-order chi connectivity index (χ1) is 18.0. The molecule has 2 aliphatic heterocycles. The fourth-order valence-corrected chi connectivity index (χ4v) is 5.30. The Balaban J connectivity index is 1.37. The lowest BCUT2D eigenvalue weighted by molar-refractivity contribution is -0.135. The van der Waals surface area contributed by atoms with Crippen LogP contribution in [-0.2, 0) is 27.3 Å². The summed E-state index contributed by atoms with van der Waals surface area (Å²) in [6.45, 7) is 2.75. The van der Waals surface area contributed by atoms with Gasteiger partial charge in [0.1, 0.15) is 5.82 Å². The summed E-state index contributed by atoms with van der Waals surface area (Å²) in [4.78, 5) is 37.3. The molecule has 10 heteroatoms. The minimum absolute atomic E-state index is 0.0654. The molecule has 1 aromatic heterocycles. The van der Waals surface area contributed by atoms with E-state index in [9.17, 15) is 9.59 Å². The maximum Gasteiger partial charge on any atom is 0.330 e. The molecule has 3 aromatic rings. The Labute approximate surface area is 220 Å². The van der Waals surface area contributed by atoms with Gasteiger partial charge in [-0.15, -0.1) is 0 Å². The molecule has 37 heavy (non-hydrogen) atoms. The van der Waals surface area contributed by atoms with Crippen LogP contribution in [-0.4, -0.2) is 61.7 Å². The topological polar surface area (TPSA) is 96.9 Å². The molecule has 1 fully saturated rings. The lowest BCUT2D eigenvalue weighted by Crippen LogP contribution is -2.37. The molecule has 1 saturated heterocycles. The SMILES string of the molecule is COC(=O)/C=C/C(=O)NC1CCN(c2nc(OC)nc3c2CCN(c2cccc4cccc(Cl)c24)C3)C1. The number of hydrogen-bond donors (Lipinski definition) is 1. The Hall–Kier alpha value is -3.85. The van der Waals surface area contributed by atoms with E-state index in [1.807, 2.05) is 12.1 Å². The first-order valence-corrected chi connectivity index (χ1v) is 12.5. The van der Waals surface area contributed by atoms with Crippen molar-refractivity contribution < 1.29 is 19.1 Å². The molecular formula is C27H28ClN5O4. The fraction of sp³-hybridized carbons (Fsp3) is 0.333. The number of nitrogens with one attached hydrogen (secondary N) is 1. The number of aromatic nitrogens is 2. The highest BCUT2D eigenvalue weighted by Crippen LogP contribution is 2.37. The van der Waals surface area contributed by atoms with Crippen LogP contribution >= 0.6 is 11.6 Å². The van der Waals surface area contributed by atoms with Gasteiger partial charge in [0.2, 0.25) is 5.91 Å². The van der Waals surface area contributed by atoms with Gasteiger partial charge in [-0.25, -0.2) is 4.79 Å². The number of anilines is 2. The third kappa shape index (κ3) is 5.17. The summed E-state index contributed by atoms with van der Waals surface area (Å²) >= 11 is 6.60. The van der Waals surface area contributed by atoms with E-state index in [4.69, 9.17) is 26.3 Å². The minimum Gasteiger partial charge on any atom is -0.467 e. The van der Waals surface area contributed by atoms with Gasteiger partial charge in [-0.2, -0.15) is 9.97 Å². The zero-order chi connectivity index (χ0) is 25.9. The van der Waals surface area contributed by atoms with Crippen LogP contribution < -0.4 is 19.9 Å². The van der Waals surface area contributed by atoms with Crippen molar-refractivity contribution in [2.24, 2.45) is 0 Å². The summed E-state index contributed by atoms with van der Waals surface area (Å²) < 4.78 is 9.99. The number of rotatable bonds is 6. The molecule has 1 amide bonds. The number of benzene rings is 2. The van der Waals surface area contributed by atoms with Gasteiger partial charge in [-0.1, -0.05) is 35.9 Å². The molecule has 0 radical (unpaired) electrons. The quantitative estimate of drug-likeness (QED) is 0.390. The van der Waals surface area contributed by atoms with Crippen molar-refractivity contribution in [2.45, 2.75) is 25.4 Å². The highest BCUT2D eigenvalue weighted by molar-refractivity contribution is 6.36. The van der Waals surface area contributed by atoms with Gasteiger partial charge >= 0.3 is 12.0 Å². The van der Waals surface area contributed by atoms with E-state index in [0.29, 0.717) is 19.1 Å². The van der Waals surface area contributed by atoms with Gasteiger partial charge in [0.05, 0.1) is 31.5 Å². The Bertz CT molecular complexity index is 1370. The van der Waals surface area contributed by atoms with Crippen LogP contribution in [0.5, 0.6) is 6.01 Å². The molecule has 0 spiro atoms. The van der Waals surface area contributed by atoms with E-state index in [0.717, 1.165) is 70.6 Å². The number of carbonyl (C=O) groups excluding carboxylic acids is 2. The number of methoxy groups -OCH3 is 2. The summed E-state index contributed by atoms with van der Waals surface area (Å²) in [5.41, 5.74) is 3.10. The van der Waals surface area contributed by atoms with Crippen LogP contribution in [0.15, 0.2) is 48.6 Å². The van der Waals surface area contributed by atoms with Crippen LogP contribution in [0.1, 0.15) is 17.7 Å². The molecule has 0 bridgehead atoms. The first-order valence-electron chi connectivity index (χ1n) is 12.1. The molecule has 9 nitrogen and oxygen atoms in total. The molecule has 1 unspecified atom stereocenters. The van der Waals surface area contributed by atoms with Gasteiger partial charge in [0.25, 0.3) is 0 Å². The molecule has 5 rings (SSSR count). The fourth-order valence-electron chi connectivity index (χ4n) is 5.02. The van der Waals surface area contributed by atoms with Gasteiger partial charge in [0.15, 0.2) is 0 Å². The van der Waals surface area contributed by atoms with E-state index >= 15 is 0 Å². The highest BCUT2D eigenvalue weighted by Gasteiger charge is 2.31. The number of carbonyl (C=O) groups is 2. The standard InChI is InChI=1S/C27H28ClN5O4/c1-36-24(35)10-9-23(34)29-18-11-13-33(15-18)26-19-12-14-32(16-21(19)30-27(31-26)37-2)22-8-4-6-17-5-3-7-20(28)25(17)22/h3-10,18H,11-16H2,1-2H3,(H,29,34)/b10-9+. The number of hydrogen-bond acceptors (Lipinski definition) is 8. The van der Waals surface area contributed by atoms with E-state index in [1.54, 1.807) is 7.11 Å². The molecular weight excluding hydrogens is 494 g/mol. The smallest absolute Gasteiger partial charge is 0.330 e. The summed E-state index contributed by atoms with van der Waals surface area (Å²) in [7, 11) is 2.84. The lowest BCUT2D eigenvalue weighted by Gasteiger charge is -2.33. The Morgan fingerprint density at radius 2 is 1.89 bits per heavy atom. The molecule has 3 heterocycles. The Morgan fingerprint density at radius 3 is 2.68 bits per heavy atom. The Morgan fingerprint density at radius 1 is 1.08 bits per heavy atom. The van der Waals surface area contributed by atoms with Crippen molar-refractivity contribution in [3.63, 3.8) is 0 Å². The van der Waals surface area contributed by atoms with Crippen LogP contribution in [0, 0.1) is 0 Å². The number of esters is 1. The van der Waals surface area contributed by atoms with Crippen molar-refractivity contribution in [3.05, 3.63) is 64.8 Å². The van der Waals surface area contributed by atoms with Gasteiger partial charge in [-0.3, -0.25) is 4.79 Å². The van der Waals surface area contributed by atoms with Crippen molar-refractivity contribution in [1.29, 1.82) is 0 Å². The second kappa shape index (κ2) is 10.6. The summed E-state index contributed by atoms with van der Waals surface area (Å²) in [6.07, 6.45) is 3.84. The lowest BCUT2D eigenvalue weighted by atomic mass is 10.0. The Kier molecular flexibility index (Phi) is 7.14. The second-order valence-corrected chi connectivity index (χ2v) is 9.45. The number of nitrogens with zero attached hydrogens (tertiary/aromatic N) is 4. The van der Waals surface area contributed by atoms with E-state index in [-0.39, 0.29) is 11.9 Å². The average molecular weight is 522 g/mol. The summed E-state index contributed by atoms with van der Waals surface area (Å²) in [6, 6.07) is 12.4. The molecule has 0 aliphatic carbocycles. The second-order valence-electron chi connectivity index (χ2n) is 9.04. The van der Waals surface area contributed by atoms with Crippen LogP contribution in [0.2, 0.25) is 5.02 Å². The third-order valence-electron chi connectivity index (χ3n) is 6.78. The van der Waals surface area contributed by atoms with Crippen molar-refractivity contribution >= 4 is 45.8 Å². The van der Waals surface area contributed by atoms with Crippen LogP contribution in [0.25, 0.3) is 10.8 Å². The van der Waals surface area contributed by atoms with Crippen LogP contribution in [0.3, 0.4) is 0 Å². The van der Waals surface area contributed by atoms with Crippen molar-refractivity contribution in [2.75, 3.05) is 43.7 Å². The molecule has 0 saturated carbocycles. The van der Waals surface area contributed by atoms with Gasteiger partial charge in [-0.05, 0) is 30.4 Å². The third-order valence-corrected chi connectivity index (χ3v) is 7.10. The molecule has 2 aliphatic rings. The average Bonchev–Trinajstić information content (AvgIpc) is 3.38. The van der Waals surface area contributed by atoms with E-state index in [2.05, 4.69) is 44.1 Å². The molecule has 1 atom stereocenters. The van der Waals surface area contributed by atoms with E-state index < -0.39 is 5.97 Å². The maximum absolute atomic E-state index is 12.2. The van der Waals surface area contributed by atoms with Crippen molar-refractivity contribution in [3.8, 4) is 6.01 Å². The number of fused-ring (bicyclic) bond motifs is 2. The largest absolute Gasteiger partial charge is 0.467 e. The van der Waals surface area contributed by atoms with Gasteiger partial charge < -0.3 is 24.6 Å². The number of amides is 1. The first kappa shape index (κ1) is 24.8. The monoisotopic (exact) mass is 521 g/mol. The zero-order valence-corrected chi connectivity index (χ0v) is 21.5. The van der Waals surface area contributed by atoms with Crippen molar-refractivity contribution in [1.82, 2.24) is 15.3 Å². The molecule has 1 N–H and O–H groups in total. The highest BCUT2D eigenvalue weighted by atomic mass is 35.5. The van der Waals surface area contributed by atoms with Gasteiger partial charge in [0, 0.05) is 54.5 Å². The molecule has 2 aromatic carbocycles. The summed E-state index contributed by atoms with van der Waals surface area (Å²) in [5, 5.41) is 5.81. The number of ether oxygens (including phenoxy) is 2. The number of halogens is 1. The predicted octanol–water partition coefficient (Wildman–Crippen LogP) is 3.28.